The van der Waals surface area contributed by atoms with Gasteiger partial charge >= 0.3 is 0 Å². The average Bonchev–Trinajstić information content (AvgIpc) is 2.37. The van der Waals surface area contributed by atoms with Crippen molar-refractivity contribution in [2.45, 2.75) is 46.5 Å². The second-order valence-electron chi connectivity index (χ2n) is 5.21. The third kappa shape index (κ3) is 4.91. The summed E-state index contributed by atoms with van der Waals surface area (Å²) in [7, 11) is 0. The van der Waals surface area contributed by atoms with E-state index in [9.17, 15) is 0 Å². The SMILES string of the molecule is CCC(CC)CC(CN)Cc1ccc(C)cc1. The van der Waals surface area contributed by atoms with Crippen LogP contribution in [0.2, 0.25) is 0 Å². The lowest BCUT2D eigenvalue weighted by atomic mass is 9.87. The van der Waals surface area contributed by atoms with E-state index in [1.807, 2.05) is 0 Å². The van der Waals surface area contributed by atoms with Crippen molar-refractivity contribution in [3.05, 3.63) is 35.4 Å². The van der Waals surface area contributed by atoms with Crippen LogP contribution in [-0.4, -0.2) is 6.54 Å². The summed E-state index contributed by atoms with van der Waals surface area (Å²) in [6.07, 6.45) is 4.96. The highest BCUT2D eigenvalue weighted by molar-refractivity contribution is 5.21. The van der Waals surface area contributed by atoms with Crippen LogP contribution >= 0.6 is 0 Å². The van der Waals surface area contributed by atoms with Crippen molar-refractivity contribution >= 4 is 0 Å². The highest BCUT2D eigenvalue weighted by atomic mass is 14.5. The van der Waals surface area contributed by atoms with Gasteiger partial charge in [0.05, 0.1) is 0 Å². The lowest BCUT2D eigenvalue weighted by Gasteiger charge is -2.20. The Morgan fingerprint density at radius 1 is 1.00 bits per heavy atom. The normalized spacial score (nSPS) is 13.0. The molecule has 1 atom stereocenters. The molecule has 1 nitrogen and oxygen atoms in total. The Hall–Kier alpha value is -0.820. The maximum absolute atomic E-state index is 5.91. The molecular weight excluding hydrogens is 206 g/mol. The third-order valence-corrected chi connectivity index (χ3v) is 3.80. The number of nitrogens with two attached hydrogens (primary N) is 1. The van der Waals surface area contributed by atoms with Crippen LogP contribution in [0.1, 0.15) is 44.2 Å². The first-order valence-electron chi connectivity index (χ1n) is 6.95. The van der Waals surface area contributed by atoms with Crippen molar-refractivity contribution in [3.8, 4) is 0 Å². The predicted octanol–water partition coefficient (Wildman–Crippen LogP) is 3.94. The molecule has 17 heavy (non-hydrogen) atoms. The van der Waals surface area contributed by atoms with E-state index in [0.717, 1.165) is 18.9 Å². The quantitative estimate of drug-likeness (QED) is 0.758. The van der Waals surface area contributed by atoms with Gasteiger partial charge in [0.2, 0.25) is 0 Å². The van der Waals surface area contributed by atoms with Crippen molar-refractivity contribution in [2.24, 2.45) is 17.6 Å². The molecule has 0 fully saturated rings. The molecule has 0 aliphatic carbocycles. The van der Waals surface area contributed by atoms with Gasteiger partial charge in [-0.05, 0) is 43.7 Å². The molecule has 0 bridgehead atoms. The van der Waals surface area contributed by atoms with Crippen LogP contribution in [-0.2, 0) is 6.42 Å². The molecule has 0 aliphatic rings. The van der Waals surface area contributed by atoms with Gasteiger partial charge in [-0.15, -0.1) is 0 Å². The topological polar surface area (TPSA) is 26.0 Å². The standard InChI is InChI=1S/C16H27N/c1-4-14(5-2)10-16(12-17)11-15-8-6-13(3)7-9-15/h6-9,14,16H,4-5,10-12,17H2,1-3H3. The van der Waals surface area contributed by atoms with E-state index in [-0.39, 0.29) is 0 Å². The van der Waals surface area contributed by atoms with Crippen LogP contribution in [0.15, 0.2) is 24.3 Å². The molecule has 2 N–H and O–H groups in total. The lowest BCUT2D eigenvalue weighted by molar-refractivity contribution is 0.356. The zero-order valence-corrected chi connectivity index (χ0v) is 11.6. The summed E-state index contributed by atoms with van der Waals surface area (Å²) < 4.78 is 0. The maximum atomic E-state index is 5.91. The summed E-state index contributed by atoms with van der Waals surface area (Å²) in [6, 6.07) is 8.87. The molecule has 1 aromatic carbocycles. The summed E-state index contributed by atoms with van der Waals surface area (Å²) in [5, 5.41) is 0. The summed E-state index contributed by atoms with van der Waals surface area (Å²) >= 11 is 0. The van der Waals surface area contributed by atoms with Crippen LogP contribution in [0.4, 0.5) is 0 Å². The lowest BCUT2D eigenvalue weighted by Crippen LogP contribution is -2.20. The Balaban J connectivity index is 2.54. The minimum absolute atomic E-state index is 0.641. The fraction of sp³-hybridized carbons (Fsp3) is 0.625. The van der Waals surface area contributed by atoms with E-state index in [2.05, 4.69) is 45.0 Å². The number of aryl methyl sites for hydroxylation is 1. The predicted molar refractivity (Wildman–Crippen MR) is 76.1 cm³/mol. The van der Waals surface area contributed by atoms with Crippen LogP contribution < -0.4 is 5.73 Å². The molecule has 0 saturated carbocycles. The monoisotopic (exact) mass is 233 g/mol. The minimum atomic E-state index is 0.641. The van der Waals surface area contributed by atoms with Gasteiger partial charge in [-0.2, -0.15) is 0 Å². The minimum Gasteiger partial charge on any atom is -0.330 e. The zero-order chi connectivity index (χ0) is 12.7. The first-order chi connectivity index (χ1) is 8.19. The van der Waals surface area contributed by atoms with E-state index < -0.39 is 0 Å². The van der Waals surface area contributed by atoms with E-state index in [1.165, 1.54) is 30.4 Å². The fourth-order valence-electron chi connectivity index (χ4n) is 2.41. The first-order valence-corrected chi connectivity index (χ1v) is 6.95. The van der Waals surface area contributed by atoms with Crippen molar-refractivity contribution in [2.75, 3.05) is 6.54 Å². The molecule has 96 valence electrons. The third-order valence-electron chi connectivity index (χ3n) is 3.80. The molecule has 1 unspecified atom stereocenters. The van der Waals surface area contributed by atoms with Gasteiger partial charge in [0, 0.05) is 0 Å². The fourth-order valence-corrected chi connectivity index (χ4v) is 2.41. The second kappa shape index (κ2) is 7.50. The second-order valence-corrected chi connectivity index (χ2v) is 5.21. The van der Waals surface area contributed by atoms with Gasteiger partial charge < -0.3 is 5.73 Å². The number of rotatable bonds is 7. The average molecular weight is 233 g/mol. The summed E-state index contributed by atoms with van der Waals surface area (Å²) in [4.78, 5) is 0. The van der Waals surface area contributed by atoms with Crippen LogP contribution in [0.5, 0.6) is 0 Å². The van der Waals surface area contributed by atoms with Crippen molar-refractivity contribution < 1.29 is 0 Å². The highest BCUT2D eigenvalue weighted by Gasteiger charge is 2.13. The Bertz CT molecular complexity index is 298. The Morgan fingerprint density at radius 3 is 2.06 bits per heavy atom. The molecule has 0 aromatic heterocycles. The largest absolute Gasteiger partial charge is 0.330 e. The van der Waals surface area contributed by atoms with Gasteiger partial charge in [-0.25, -0.2) is 0 Å². The van der Waals surface area contributed by atoms with Gasteiger partial charge in [-0.3, -0.25) is 0 Å². The van der Waals surface area contributed by atoms with Crippen molar-refractivity contribution in [3.63, 3.8) is 0 Å². The van der Waals surface area contributed by atoms with E-state index >= 15 is 0 Å². The summed E-state index contributed by atoms with van der Waals surface area (Å²) in [5.41, 5.74) is 8.67. The molecule has 0 saturated heterocycles. The van der Waals surface area contributed by atoms with Crippen molar-refractivity contribution in [1.82, 2.24) is 0 Å². The maximum Gasteiger partial charge on any atom is -0.00456 e. The molecule has 0 aliphatic heterocycles. The molecule has 0 amide bonds. The summed E-state index contributed by atoms with van der Waals surface area (Å²) in [6.45, 7) is 7.51. The van der Waals surface area contributed by atoms with Crippen LogP contribution in [0, 0.1) is 18.8 Å². The molecule has 1 aromatic rings. The Kier molecular flexibility index (Phi) is 6.28. The van der Waals surface area contributed by atoms with E-state index in [0.29, 0.717) is 5.92 Å². The number of hydrogen-bond donors (Lipinski definition) is 1. The molecule has 0 spiro atoms. The van der Waals surface area contributed by atoms with Gasteiger partial charge in [0.15, 0.2) is 0 Å². The number of benzene rings is 1. The zero-order valence-electron chi connectivity index (χ0n) is 11.6. The Morgan fingerprint density at radius 2 is 1.59 bits per heavy atom. The van der Waals surface area contributed by atoms with E-state index in [1.54, 1.807) is 0 Å². The molecule has 0 heterocycles. The van der Waals surface area contributed by atoms with Gasteiger partial charge in [0.1, 0.15) is 0 Å². The molecule has 1 rings (SSSR count). The van der Waals surface area contributed by atoms with E-state index in [4.69, 9.17) is 5.73 Å². The first kappa shape index (κ1) is 14.2. The molecule has 1 heteroatoms. The molecule has 0 radical (unpaired) electrons. The van der Waals surface area contributed by atoms with Gasteiger partial charge in [0.25, 0.3) is 0 Å². The summed E-state index contributed by atoms with van der Waals surface area (Å²) in [5.74, 6) is 1.48. The van der Waals surface area contributed by atoms with Crippen LogP contribution in [0.3, 0.4) is 0 Å². The number of hydrogen-bond acceptors (Lipinski definition) is 1. The Labute approximate surface area is 106 Å². The smallest absolute Gasteiger partial charge is 0.00456 e. The molecular formula is C16H27N. The van der Waals surface area contributed by atoms with Gasteiger partial charge in [-0.1, -0.05) is 56.5 Å². The van der Waals surface area contributed by atoms with Crippen LogP contribution in [0.25, 0.3) is 0 Å². The highest BCUT2D eigenvalue weighted by Crippen LogP contribution is 2.21. The van der Waals surface area contributed by atoms with Crippen molar-refractivity contribution in [1.29, 1.82) is 0 Å².